The van der Waals surface area contributed by atoms with Gasteiger partial charge in [-0.25, -0.2) is 9.18 Å². The zero-order chi connectivity index (χ0) is 19.1. The Morgan fingerprint density at radius 2 is 1.58 bits per heavy atom. The van der Waals surface area contributed by atoms with Gasteiger partial charge in [0.25, 0.3) is 0 Å². The number of hydrogen-bond donors (Lipinski definition) is 2. The number of nitrogens with zero attached hydrogens (tertiary/aromatic N) is 2. The van der Waals surface area contributed by atoms with E-state index in [1.807, 2.05) is 28.2 Å². The first-order chi connectivity index (χ1) is 12.4. The topological polar surface area (TPSA) is 47.6 Å². The molecule has 1 atom stereocenters. The molecule has 2 rings (SSSR count). The number of hydrogen-bond acceptors (Lipinski definition) is 3. The average molecular weight is 358 g/mol. The maximum atomic E-state index is 12.9. The van der Waals surface area contributed by atoms with E-state index in [0.29, 0.717) is 13.1 Å². The lowest BCUT2D eigenvalue weighted by molar-refractivity contribution is 0.232. The summed E-state index contributed by atoms with van der Waals surface area (Å²) in [4.78, 5) is 16.2. The van der Waals surface area contributed by atoms with E-state index < -0.39 is 0 Å². The number of rotatable bonds is 7. The normalized spacial score (nSPS) is 11.9. The summed E-state index contributed by atoms with van der Waals surface area (Å²) in [5.41, 5.74) is 3.13. The molecule has 2 aromatic rings. The zero-order valence-corrected chi connectivity index (χ0v) is 15.8. The molecule has 2 N–H and O–H groups in total. The molecular weight excluding hydrogens is 331 g/mol. The number of carbonyl (C=O) groups is 1. The van der Waals surface area contributed by atoms with Gasteiger partial charge >= 0.3 is 6.03 Å². The Balaban J connectivity index is 1.89. The van der Waals surface area contributed by atoms with E-state index in [2.05, 4.69) is 44.7 Å². The van der Waals surface area contributed by atoms with Crippen LogP contribution >= 0.6 is 0 Å². The average Bonchev–Trinajstić information content (AvgIpc) is 2.61. The van der Waals surface area contributed by atoms with Crippen LogP contribution in [0.2, 0.25) is 0 Å². The van der Waals surface area contributed by atoms with Crippen LogP contribution < -0.4 is 15.5 Å². The smallest absolute Gasteiger partial charge is 0.315 e. The fourth-order valence-corrected chi connectivity index (χ4v) is 2.63. The number of urea groups is 1. The second kappa shape index (κ2) is 9.20. The number of carbonyl (C=O) groups excluding carboxylic acids is 1. The van der Waals surface area contributed by atoms with Gasteiger partial charge in [0.05, 0.1) is 6.04 Å². The van der Waals surface area contributed by atoms with Gasteiger partial charge in [0.1, 0.15) is 5.82 Å². The number of anilines is 1. The van der Waals surface area contributed by atoms with Gasteiger partial charge in [0.15, 0.2) is 0 Å². The van der Waals surface area contributed by atoms with E-state index in [9.17, 15) is 9.18 Å². The molecule has 0 aliphatic carbocycles. The first-order valence-corrected chi connectivity index (χ1v) is 8.56. The molecule has 0 aliphatic heterocycles. The van der Waals surface area contributed by atoms with E-state index >= 15 is 0 Å². The Morgan fingerprint density at radius 3 is 2.12 bits per heavy atom. The van der Waals surface area contributed by atoms with E-state index in [1.54, 1.807) is 12.1 Å². The van der Waals surface area contributed by atoms with Gasteiger partial charge in [-0.3, -0.25) is 0 Å². The van der Waals surface area contributed by atoms with Crippen LogP contribution in [-0.4, -0.2) is 45.7 Å². The summed E-state index contributed by atoms with van der Waals surface area (Å²) in [6.45, 7) is 0.847. The molecule has 0 radical (unpaired) electrons. The van der Waals surface area contributed by atoms with Crippen molar-refractivity contribution in [2.24, 2.45) is 0 Å². The molecule has 0 saturated carbocycles. The van der Waals surface area contributed by atoms with Crippen LogP contribution in [0.15, 0.2) is 48.5 Å². The SMILES string of the molecule is CN(C)c1ccc(C(CNC(=O)NCc2ccc(F)cc2)N(C)C)cc1. The number of likely N-dealkylation sites (N-methyl/N-ethyl adjacent to an activating group) is 1. The first kappa shape index (κ1) is 19.7. The monoisotopic (exact) mass is 358 g/mol. The minimum absolute atomic E-state index is 0.0720. The molecule has 0 spiro atoms. The lowest BCUT2D eigenvalue weighted by Crippen LogP contribution is -2.40. The van der Waals surface area contributed by atoms with Crippen molar-refractivity contribution >= 4 is 11.7 Å². The molecule has 0 aromatic heterocycles. The molecule has 140 valence electrons. The number of halogens is 1. The summed E-state index contributed by atoms with van der Waals surface area (Å²) in [7, 11) is 7.99. The Hall–Kier alpha value is -2.60. The quantitative estimate of drug-likeness (QED) is 0.800. The van der Waals surface area contributed by atoms with E-state index in [-0.39, 0.29) is 17.9 Å². The van der Waals surface area contributed by atoms with Gasteiger partial charge in [-0.05, 0) is 49.5 Å². The molecule has 1 unspecified atom stereocenters. The van der Waals surface area contributed by atoms with Gasteiger partial charge in [-0.1, -0.05) is 24.3 Å². The standard InChI is InChI=1S/C20H27FN4O/c1-24(2)18-11-7-16(8-12-18)19(25(3)4)14-23-20(26)22-13-15-5-9-17(21)10-6-15/h5-12,19H,13-14H2,1-4H3,(H2,22,23,26). The van der Waals surface area contributed by atoms with Crippen LogP contribution in [0.1, 0.15) is 17.2 Å². The van der Waals surface area contributed by atoms with Crippen molar-refractivity contribution in [2.75, 3.05) is 39.6 Å². The highest BCUT2D eigenvalue weighted by molar-refractivity contribution is 5.73. The van der Waals surface area contributed by atoms with Crippen LogP contribution in [0.25, 0.3) is 0 Å². The summed E-state index contributed by atoms with van der Waals surface area (Å²) < 4.78 is 12.9. The van der Waals surface area contributed by atoms with Crippen LogP contribution in [0.3, 0.4) is 0 Å². The van der Waals surface area contributed by atoms with Crippen LogP contribution in [-0.2, 0) is 6.54 Å². The van der Waals surface area contributed by atoms with Crippen molar-refractivity contribution in [1.29, 1.82) is 0 Å². The third kappa shape index (κ3) is 5.74. The Morgan fingerprint density at radius 1 is 0.962 bits per heavy atom. The fraction of sp³-hybridized carbons (Fsp3) is 0.350. The Bertz CT molecular complexity index is 699. The summed E-state index contributed by atoms with van der Waals surface area (Å²) >= 11 is 0. The van der Waals surface area contributed by atoms with Crippen LogP contribution in [0.4, 0.5) is 14.9 Å². The molecular formula is C20H27FN4O. The number of benzene rings is 2. The minimum atomic E-state index is -0.285. The van der Waals surface area contributed by atoms with Crippen LogP contribution in [0, 0.1) is 5.82 Å². The molecule has 0 bridgehead atoms. The number of nitrogens with one attached hydrogen (secondary N) is 2. The molecule has 6 heteroatoms. The third-order valence-electron chi connectivity index (χ3n) is 4.24. The maximum absolute atomic E-state index is 12.9. The highest BCUT2D eigenvalue weighted by Crippen LogP contribution is 2.20. The third-order valence-corrected chi connectivity index (χ3v) is 4.24. The zero-order valence-electron chi connectivity index (χ0n) is 15.8. The first-order valence-electron chi connectivity index (χ1n) is 8.56. The summed E-state index contributed by atoms with van der Waals surface area (Å²) in [5.74, 6) is -0.285. The maximum Gasteiger partial charge on any atom is 0.315 e. The lowest BCUT2D eigenvalue weighted by atomic mass is 10.1. The van der Waals surface area contributed by atoms with E-state index in [0.717, 1.165) is 16.8 Å². The largest absolute Gasteiger partial charge is 0.378 e. The molecule has 0 saturated heterocycles. The van der Waals surface area contributed by atoms with Gasteiger partial charge < -0.3 is 20.4 Å². The van der Waals surface area contributed by atoms with Crippen LogP contribution in [0.5, 0.6) is 0 Å². The molecule has 2 aromatic carbocycles. The molecule has 0 aliphatic rings. The molecule has 5 nitrogen and oxygen atoms in total. The fourth-order valence-electron chi connectivity index (χ4n) is 2.63. The summed E-state index contributed by atoms with van der Waals surface area (Å²) in [6.07, 6.45) is 0. The highest BCUT2D eigenvalue weighted by Gasteiger charge is 2.15. The molecule has 26 heavy (non-hydrogen) atoms. The molecule has 2 amide bonds. The van der Waals surface area contributed by atoms with Gasteiger partial charge in [0, 0.05) is 32.9 Å². The van der Waals surface area contributed by atoms with Gasteiger partial charge in [-0.2, -0.15) is 0 Å². The molecule has 0 fully saturated rings. The lowest BCUT2D eigenvalue weighted by Gasteiger charge is -2.26. The second-order valence-electron chi connectivity index (χ2n) is 6.66. The van der Waals surface area contributed by atoms with E-state index in [4.69, 9.17) is 0 Å². The predicted molar refractivity (Wildman–Crippen MR) is 104 cm³/mol. The van der Waals surface area contributed by atoms with E-state index in [1.165, 1.54) is 12.1 Å². The second-order valence-corrected chi connectivity index (χ2v) is 6.66. The minimum Gasteiger partial charge on any atom is -0.378 e. The van der Waals surface area contributed by atoms with Crippen molar-refractivity contribution in [3.8, 4) is 0 Å². The Labute approximate surface area is 154 Å². The van der Waals surface area contributed by atoms with Gasteiger partial charge in [0.2, 0.25) is 0 Å². The summed E-state index contributed by atoms with van der Waals surface area (Å²) in [6, 6.07) is 14.2. The van der Waals surface area contributed by atoms with Crippen molar-refractivity contribution in [1.82, 2.24) is 15.5 Å². The summed E-state index contributed by atoms with van der Waals surface area (Å²) in [5, 5.41) is 5.70. The highest BCUT2D eigenvalue weighted by atomic mass is 19.1. The molecule has 0 heterocycles. The Kier molecular flexibility index (Phi) is 6.97. The predicted octanol–water partition coefficient (Wildman–Crippen LogP) is 2.99. The van der Waals surface area contributed by atoms with Gasteiger partial charge in [-0.15, -0.1) is 0 Å². The van der Waals surface area contributed by atoms with Crippen molar-refractivity contribution in [3.63, 3.8) is 0 Å². The number of amides is 2. The van der Waals surface area contributed by atoms with Crippen molar-refractivity contribution < 1.29 is 9.18 Å². The van der Waals surface area contributed by atoms with Crippen molar-refractivity contribution in [3.05, 3.63) is 65.5 Å². The van der Waals surface area contributed by atoms with Crippen molar-refractivity contribution in [2.45, 2.75) is 12.6 Å².